The number of likely N-dealkylation sites (tertiary alicyclic amines) is 2. The first-order valence-corrected chi connectivity index (χ1v) is 12.1. The Hall–Kier alpha value is -2.27. The highest BCUT2D eigenvalue weighted by atomic mass is 16.1. The van der Waals surface area contributed by atoms with E-state index in [1.165, 1.54) is 62.0 Å². The summed E-state index contributed by atoms with van der Waals surface area (Å²) in [5.41, 5.74) is 5.54. The van der Waals surface area contributed by atoms with Crippen LogP contribution in [0, 0.1) is 30.1 Å². The lowest BCUT2D eigenvalue weighted by Gasteiger charge is -2.32. The van der Waals surface area contributed by atoms with Gasteiger partial charge in [0.25, 0.3) is 0 Å². The summed E-state index contributed by atoms with van der Waals surface area (Å²) < 4.78 is 0. The largest absolute Gasteiger partial charge is 0.364 e. The van der Waals surface area contributed by atoms with Gasteiger partial charge in [-0.3, -0.25) is 0 Å². The zero-order chi connectivity index (χ0) is 21.8. The first-order chi connectivity index (χ1) is 15.2. The molecule has 1 aromatic rings. The number of fused-ring (bicyclic) bond motifs is 1. The Kier molecular flexibility index (Phi) is 6.71. The maximum Gasteiger partial charge on any atom is 0.146 e. The normalized spacial score (nSPS) is 27.3. The molecule has 2 heterocycles. The topological polar surface area (TPSA) is 23.6 Å². The molecular weight excluding hydrogens is 380 g/mol. The van der Waals surface area contributed by atoms with E-state index < -0.39 is 0 Å². The van der Waals surface area contributed by atoms with Crippen LogP contribution in [0.2, 0.25) is 0 Å². The Labute approximate surface area is 189 Å². The maximum absolute atomic E-state index is 11.6. The van der Waals surface area contributed by atoms with E-state index in [2.05, 4.69) is 65.9 Å². The SMILES string of the molecule is C#C.CC[C@]12CN(C(=C=O)C3CC3)C[C@H]1CC=C2c1ccc(CCN2CCCC2)cc1.[HH]. The zero-order valence-electron chi connectivity index (χ0n) is 19.0. The minimum Gasteiger partial charge on any atom is -0.364 e. The van der Waals surface area contributed by atoms with Crippen molar-refractivity contribution in [1.82, 2.24) is 9.80 Å². The summed E-state index contributed by atoms with van der Waals surface area (Å²) in [7, 11) is 0. The predicted octanol–water partition coefficient (Wildman–Crippen LogP) is 5.06. The molecule has 0 unspecified atom stereocenters. The van der Waals surface area contributed by atoms with Crippen molar-refractivity contribution < 1.29 is 6.22 Å². The fourth-order valence-electron chi connectivity index (χ4n) is 6.13. The van der Waals surface area contributed by atoms with Crippen molar-refractivity contribution in [2.24, 2.45) is 17.3 Å². The smallest absolute Gasteiger partial charge is 0.146 e. The Bertz CT molecular complexity index is 872. The first-order valence-electron chi connectivity index (χ1n) is 12.1. The van der Waals surface area contributed by atoms with Gasteiger partial charge in [-0.05, 0) is 80.7 Å². The molecule has 31 heavy (non-hydrogen) atoms. The van der Waals surface area contributed by atoms with Gasteiger partial charge < -0.3 is 9.80 Å². The Morgan fingerprint density at radius 2 is 1.90 bits per heavy atom. The third kappa shape index (κ3) is 4.25. The number of nitrogens with zero attached hydrogens (tertiary/aromatic N) is 2. The second-order valence-corrected chi connectivity index (χ2v) is 9.70. The third-order valence-electron chi connectivity index (χ3n) is 8.06. The maximum atomic E-state index is 11.6. The molecule has 0 aromatic heterocycles. The molecule has 1 aromatic carbocycles. The van der Waals surface area contributed by atoms with E-state index >= 15 is 0 Å². The quantitative estimate of drug-likeness (QED) is 0.457. The number of hydrogen-bond acceptors (Lipinski definition) is 3. The van der Waals surface area contributed by atoms with Crippen LogP contribution >= 0.6 is 0 Å². The molecular formula is C28H38N2O. The molecule has 0 amide bonds. The van der Waals surface area contributed by atoms with Crippen molar-refractivity contribution in [3.05, 3.63) is 47.2 Å². The Morgan fingerprint density at radius 1 is 1.19 bits per heavy atom. The number of rotatable bonds is 7. The molecule has 2 atom stereocenters. The lowest BCUT2D eigenvalue weighted by Crippen LogP contribution is -2.29. The van der Waals surface area contributed by atoms with Gasteiger partial charge in [-0.2, -0.15) is 0 Å². The van der Waals surface area contributed by atoms with E-state index in [0.29, 0.717) is 11.8 Å². The predicted molar refractivity (Wildman–Crippen MR) is 130 cm³/mol. The molecule has 0 N–H and O–H groups in total. The lowest BCUT2D eigenvalue weighted by atomic mass is 9.72. The fourth-order valence-corrected chi connectivity index (χ4v) is 6.13. The van der Waals surface area contributed by atoms with Gasteiger partial charge in [0.1, 0.15) is 11.6 Å². The monoisotopic (exact) mass is 418 g/mol. The molecule has 0 radical (unpaired) electrons. The second kappa shape index (κ2) is 9.47. The number of benzene rings is 1. The van der Waals surface area contributed by atoms with Gasteiger partial charge >= 0.3 is 0 Å². The number of allylic oxidation sites excluding steroid dienone is 2. The summed E-state index contributed by atoms with van der Waals surface area (Å²) in [5, 5.41) is 0. The third-order valence-corrected chi connectivity index (χ3v) is 8.06. The van der Waals surface area contributed by atoms with Crippen LogP contribution in [-0.2, 0) is 11.2 Å². The van der Waals surface area contributed by atoms with Crippen molar-refractivity contribution in [2.45, 2.75) is 51.9 Å². The molecule has 3 fully saturated rings. The van der Waals surface area contributed by atoms with E-state index in [1.54, 1.807) is 0 Å². The van der Waals surface area contributed by atoms with Crippen molar-refractivity contribution in [3.8, 4) is 12.8 Å². The Balaban J connectivity index is 0.000000938. The number of terminal acetylenes is 1. The summed E-state index contributed by atoms with van der Waals surface area (Å²) in [6, 6.07) is 9.39. The van der Waals surface area contributed by atoms with Crippen molar-refractivity contribution in [2.75, 3.05) is 32.7 Å². The molecule has 0 spiro atoms. The molecule has 1 saturated carbocycles. The van der Waals surface area contributed by atoms with Gasteiger partial charge in [0.05, 0.1) is 0 Å². The summed E-state index contributed by atoms with van der Waals surface area (Å²) in [4.78, 5) is 16.6. The van der Waals surface area contributed by atoms with Gasteiger partial charge in [0.2, 0.25) is 0 Å². The molecule has 5 rings (SSSR count). The molecule has 4 aliphatic rings. The van der Waals surface area contributed by atoms with Crippen molar-refractivity contribution in [3.63, 3.8) is 0 Å². The van der Waals surface area contributed by atoms with Crippen LogP contribution in [0.4, 0.5) is 0 Å². The molecule has 2 aliphatic heterocycles. The van der Waals surface area contributed by atoms with Gasteiger partial charge in [-0.15, -0.1) is 12.8 Å². The molecule has 2 aliphatic carbocycles. The molecule has 0 bridgehead atoms. The lowest BCUT2D eigenvalue weighted by molar-refractivity contribution is 0.318. The highest BCUT2D eigenvalue weighted by Crippen LogP contribution is 2.56. The first kappa shape index (κ1) is 21.9. The molecule has 3 nitrogen and oxygen atoms in total. The minimum atomic E-state index is 0. The van der Waals surface area contributed by atoms with Crippen molar-refractivity contribution >= 4 is 11.5 Å². The van der Waals surface area contributed by atoms with E-state index in [9.17, 15) is 4.79 Å². The molecule has 3 heteroatoms. The van der Waals surface area contributed by atoms with Gasteiger partial charge in [-0.25, -0.2) is 4.79 Å². The number of carbonyl (C=O) groups excluding carboxylic acids is 1. The van der Waals surface area contributed by atoms with Gasteiger partial charge in [-0.1, -0.05) is 37.3 Å². The van der Waals surface area contributed by atoms with Crippen LogP contribution in [-0.4, -0.2) is 48.5 Å². The molecule has 2 saturated heterocycles. The summed E-state index contributed by atoms with van der Waals surface area (Å²) in [6.07, 6.45) is 19.0. The zero-order valence-corrected chi connectivity index (χ0v) is 19.0. The van der Waals surface area contributed by atoms with Crippen molar-refractivity contribution in [1.29, 1.82) is 0 Å². The standard InChI is InChI=1S/C26H34N2O.C2H2.H2/c1-2-26-19-28(25(18-29)22-9-10-22)17-23(26)11-12-24(26)21-7-5-20(6-8-21)13-16-27-14-3-4-15-27;1-2;/h5-8,12,22-23H,2-4,9-11,13-17,19H2,1H3;1-2H;1H/t23-,26+;;/m1../s1. The van der Waals surface area contributed by atoms with E-state index in [4.69, 9.17) is 0 Å². The second-order valence-electron chi connectivity index (χ2n) is 9.70. The van der Waals surface area contributed by atoms with Gasteiger partial charge in [0.15, 0.2) is 0 Å². The minimum absolute atomic E-state index is 0. The van der Waals surface area contributed by atoms with Gasteiger partial charge in [0, 0.05) is 32.4 Å². The van der Waals surface area contributed by atoms with Crippen LogP contribution in [0.25, 0.3) is 5.57 Å². The fraction of sp³-hybridized carbons (Fsp3) is 0.571. The van der Waals surface area contributed by atoms with E-state index in [-0.39, 0.29) is 6.84 Å². The average molecular weight is 419 g/mol. The number of hydrogen-bond donors (Lipinski definition) is 0. The van der Waals surface area contributed by atoms with E-state index in [0.717, 1.165) is 38.0 Å². The van der Waals surface area contributed by atoms with Crippen LogP contribution in [0.15, 0.2) is 36.0 Å². The Morgan fingerprint density at radius 3 is 2.52 bits per heavy atom. The van der Waals surface area contributed by atoms with Crippen LogP contribution in [0.5, 0.6) is 0 Å². The summed E-state index contributed by atoms with van der Waals surface area (Å²) >= 11 is 0. The van der Waals surface area contributed by atoms with Crippen LogP contribution in [0.3, 0.4) is 0 Å². The van der Waals surface area contributed by atoms with Crippen LogP contribution in [0.1, 0.15) is 58.0 Å². The average Bonchev–Trinajstić information content (AvgIpc) is 3.23. The summed E-state index contributed by atoms with van der Waals surface area (Å²) in [5.74, 6) is 3.43. The van der Waals surface area contributed by atoms with E-state index in [1.807, 2.05) is 0 Å². The van der Waals surface area contributed by atoms with Crippen LogP contribution < -0.4 is 0 Å². The highest BCUT2D eigenvalue weighted by molar-refractivity contribution is 5.74. The molecule has 166 valence electrons. The summed E-state index contributed by atoms with van der Waals surface area (Å²) in [6.45, 7) is 8.11. The highest BCUT2D eigenvalue weighted by Gasteiger charge is 2.52.